The molecule has 1 aliphatic heterocycles. The lowest BCUT2D eigenvalue weighted by atomic mass is 10.1. The van der Waals surface area contributed by atoms with Gasteiger partial charge in [-0.2, -0.15) is 23.0 Å². The summed E-state index contributed by atoms with van der Waals surface area (Å²) in [5, 5.41) is 6.66. The number of hydrogen-bond donors (Lipinski definition) is 1. The molecule has 0 saturated carbocycles. The molecule has 184 valence electrons. The van der Waals surface area contributed by atoms with Crippen LogP contribution in [0.2, 0.25) is 0 Å². The largest absolute Gasteiger partial charge is 0.416 e. The lowest BCUT2D eigenvalue weighted by molar-refractivity contribution is -0.137. The Balaban J connectivity index is 1.73. The van der Waals surface area contributed by atoms with Crippen LogP contribution in [0.5, 0.6) is 0 Å². The topological polar surface area (TPSA) is 95.2 Å². The molecule has 0 radical (unpaired) electrons. The first-order chi connectivity index (χ1) is 16.6. The number of benzene rings is 2. The summed E-state index contributed by atoms with van der Waals surface area (Å²) in [7, 11) is 0. The summed E-state index contributed by atoms with van der Waals surface area (Å²) in [4.78, 5) is 39.1. The van der Waals surface area contributed by atoms with Gasteiger partial charge < -0.3 is 10.1 Å². The molecule has 35 heavy (non-hydrogen) atoms. The molecule has 8 nitrogen and oxygen atoms in total. The number of ether oxygens (including phenoxy) is 1. The Morgan fingerprint density at radius 2 is 1.80 bits per heavy atom. The molecule has 1 N–H and O–H groups in total. The van der Waals surface area contributed by atoms with E-state index in [4.69, 9.17) is 4.74 Å². The van der Waals surface area contributed by atoms with E-state index in [9.17, 15) is 27.6 Å². The van der Waals surface area contributed by atoms with E-state index in [0.29, 0.717) is 12.3 Å². The van der Waals surface area contributed by atoms with Gasteiger partial charge in [-0.15, -0.1) is 0 Å². The number of nitrogens with one attached hydrogen (secondary N) is 1. The monoisotopic (exact) mass is 488 g/mol. The standard InChI is InChI=1S/C24H23F3N4O4/c1-15-4-10-18(11-5-15)31-23(34)30(14-16-6-8-17(9-7-16)24(25,26)27)22(33)20(29-31)21(32)28-13-19-3-2-12-35-19/h4-11,19H,2-3,12-14H2,1H3,(H,28,32)/t19-/m1/s1. The first kappa shape index (κ1) is 24.4. The van der Waals surface area contributed by atoms with Crippen molar-refractivity contribution in [2.24, 2.45) is 0 Å². The van der Waals surface area contributed by atoms with Crippen molar-refractivity contribution in [3.63, 3.8) is 0 Å². The maximum absolute atomic E-state index is 13.2. The summed E-state index contributed by atoms with van der Waals surface area (Å²) in [5.74, 6) is -0.771. The van der Waals surface area contributed by atoms with E-state index < -0.39 is 34.6 Å². The van der Waals surface area contributed by atoms with Gasteiger partial charge in [-0.05, 0) is 49.6 Å². The first-order valence-corrected chi connectivity index (χ1v) is 11.0. The average Bonchev–Trinajstić information content (AvgIpc) is 3.35. The lowest BCUT2D eigenvalue weighted by Gasteiger charge is -2.14. The predicted molar refractivity (Wildman–Crippen MR) is 121 cm³/mol. The highest BCUT2D eigenvalue weighted by Crippen LogP contribution is 2.29. The van der Waals surface area contributed by atoms with E-state index in [-0.39, 0.29) is 24.8 Å². The third-order valence-corrected chi connectivity index (χ3v) is 5.69. The molecule has 1 fully saturated rings. The minimum atomic E-state index is -4.52. The number of amides is 1. The molecular formula is C24H23F3N4O4. The summed E-state index contributed by atoms with van der Waals surface area (Å²) in [5.41, 5.74) is -1.59. The normalized spacial score (nSPS) is 15.8. The fourth-order valence-electron chi connectivity index (χ4n) is 3.73. The Bertz CT molecular complexity index is 1320. The van der Waals surface area contributed by atoms with Crippen LogP contribution >= 0.6 is 0 Å². The van der Waals surface area contributed by atoms with Gasteiger partial charge in [0.2, 0.25) is 5.69 Å². The molecule has 0 bridgehead atoms. The number of carbonyl (C=O) groups is 1. The second-order valence-electron chi connectivity index (χ2n) is 8.31. The third kappa shape index (κ3) is 5.51. The van der Waals surface area contributed by atoms with E-state index >= 15 is 0 Å². The maximum Gasteiger partial charge on any atom is 0.416 e. The molecule has 2 heterocycles. The van der Waals surface area contributed by atoms with Crippen LogP contribution in [0.4, 0.5) is 13.2 Å². The van der Waals surface area contributed by atoms with Gasteiger partial charge in [-0.3, -0.25) is 14.2 Å². The summed E-state index contributed by atoms with van der Waals surface area (Å²) < 4.78 is 45.9. The Morgan fingerprint density at radius 3 is 2.40 bits per heavy atom. The van der Waals surface area contributed by atoms with Crippen molar-refractivity contribution in [1.29, 1.82) is 0 Å². The number of halogens is 3. The van der Waals surface area contributed by atoms with Crippen molar-refractivity contribution < 1.29 is 22.7 Å². The molecule has 0 spiro atoms. The third-order valence-electron chi connectivity index (χ3n) is 5.69. The Morgan fingerprint density at radius 1 is 1.11 bits per heavy atom. The molecule has 1 aromatic heterocycles. The van der Waals surface area contributed by atoms with Crippen molar-refractivity contribution in [2.75, 3.05) is 13.2 Å². The van der Waals surface area contributed by atoms with Gasteiger partial charge in [0.05, 0.1) is 23.9 Å². The smallest absolute Gasteiger partial charge is 0.376 e. The van der Waals surface area contributed by atoms with Crippen molar-refractivity contribution >= 4 is 5.91 Å². The number of nitrogens with zero attached hydrogens (tertiary/aromatic N) is 3. The fourth-order valence-corrected chi connectivity index (χ4v) is 3.73. The van der Waals surface area contributed by atoms with Gasteiger partial charge in [0.15, 0.2) is 0 Å². The van der Waals surface area contributed by atoms with E-state index in [1.165, 1.54) is 12.1 Å². The van der Waals surface area contributed by atoms with Gasteiger partial charge in [0.25, 0.3) is 11.5 Å². The zero-order chi connectivity index (χ0) is 25.2. The summed E-state index contributed by atoms with van der Waals surface area (Å²) >= 11 is 0. The molecule has 1 saturated heterocycles. The zero-order valence-corrected chi connectivity index (χ0v) is 18.8. The van der Waals surface area contributed by atoms with Crippen LogP contribution in [0.15, 0.2) is 58.1 Å². The molecule has 0 aliphatic carbocycles. The number of aromatic nitrogens is 3. The number of aryl methyl sites for hydroxylation is 1. The summed E-state index contributed by atoms with van der Waals surface area (Å²) in [6.07, 6.45) is -3.04. The van der Waals surface area contributed by atoms with Gasteiger partial charge in [-0.1, -0.05) is 29.8 Å². The van der Waals surface area contributed by atoms with Crippen LogP contribution in [0.1, 0.15) is 40.0 Å². The average molecular weight is 488 g/mol. The summed E-state index contributed by atoms with van der Waals surface area (Å²) in [6.45, 7) is 2.30. The minimum Gasteiger partial charge on any atom is -0.376 e. The van der Waals surface area contributed by atoms with Gasteiger partial charge in [-0.25, -0.2) is 4.79 Å². The molecule has 3 aromatic rings. The van der Waals surface area contributed by atoms with Crippen LogP contribution in [-0.2, 0) is 17.5 Å². The van der Waals surface area contributed by atoms with Crippen LogP contribution in [-0.4, -0.2) is 39.5 Å². The van der Waals surface area contributed by atoms with Crippen molar-refractivity contribution in [2.45, 2.75) is 38.6 Å². The molecule has 4 rings (SSSR count). The number of carbonyl (C=O) groups excluding carboxylic acids is 1. The van der Waals surface area contributed by atoms with Crippen molar-refractivity contribution in [1.82, 2.24) is 19.7 Å². The predicted octanol–water partition coefficient (Wildman–Crippen LogP) is 2.68. The highest BCUT2D eigenvalue weighted by Gasteiger charge is 2.30. The van der Waals surface area contributed by atoms with Crippen LogP contribution in [0, 0.1) is 6.92 Å². The Labute approximate surface area is 198 Å². The van der Waals surface area contributed by atoms with E-state index in [0.717, 1.165) is 39.8 Å². The molecule has 11 heteroatoms. The highest BCUT2D eigenvalue weighted by atomic mass is 19.4. The van der Waals surface area contributed by atoms with Gasteiger partial charge in [0.1, 0.15) is 0 Å². The fraction of sp³-hybridized carbons (Fsp3) is 0.333. The molecule has 0 unspecified atom stereocenters. The Kier molecular flexibility index (Phi) is 6.88. The number of hydrogen-bond acceptors (Lipinski definition) is 5. The van der Waals surface area contributed by atoms with Gasteiger partial charge in [0, 0.05) is 13.2 Å². The van der Waals surface area contributed by atoms with E-state index in [1.807, 2.05) is 6.92 Å². The Hall–Kier alpha value is -3.73. The van der Waals surface area contributed by atoms with Crippen LogP contribution < -0.4 is 16.6 Å². The van der Waals surface area contributed by atoms with Crippen molar-refractivity contribution in [3.05, 3.63) is 91.8 Å². The molecule has 1 amide bonds. The van der Waals surface area contributed by atoms with Gasteiger partial charge >= 0.3 is 11.9 Å². The zero-order valence-electron chi connectivity index (χ0n) is 18.8. The first-order valence-electron chi connectivity index (χ1n) is 11.0. The quantitative estimate of drug-likeness (QED) is 0.576. The minimum absolute atomic E-state index is 0.170. The number of alkyl halides is 3. The van der Waals surface area contributed by atoms with Crippen LogP contribution in [0.25, 0.3) is 5.69 Å². The van der Waals surface area contributed by atoms with E-state index in [2.05, 4.69) is 10.4 Å². The molecular weight excluding hydrogens is 465 g/mol. The lowest BCUT2D eigenvalue weighted by Crippen LogP contribution is -2.46. The molecule has 1 aliphatic rings. The second-order valence-corrected chi connectivity index (χ2v) is 8.31. The van der Waals surface area contributed by atoms with Crippen LogP contribution in [0.3, 0.4) is 0 Å². The van der Waals surface area contributed by atoms with Crippen molar-refractivity contribution in [3.8, 4) is 5.69 Å². The van der Waals surface area contributed by atoms with E-state index in [1.54, 1.807) is 24.3 Å². The highest BCUT2D eigenvalue weighted by molar-refractivity contribution is 5.91. The number of rotatable bonds is 6. The molecule has 2 aromatic carbocycles. The maximum atomic E-state index is 13.2. The molecule has 1 atom stereocenters. The summed E-state index contributed by atoms with van der Waals surface area (Å²) in [6, 6.07) is 10.8. The second kappa shape index (κ2) is 9.87. The SMILES string of the molecule is Cc1ccc(-n2nc(C(=O)NC[C@H]3CCCO3)c(=O)n(Cc3ccc(C(F)(F)F)cc3)c2=O)cc1.